The van der Waals surface area contributed by atoms with Crippen molar-refractivity contribution in [2.45, 2.75) is 58.3 Å². The summed E-state index contributed by atoms with van der Waals surface area (Å²) in [4.78, 5) is 38.2. The molecule has 2 aliphatic carbocycles. The number of fused-ring (bicyclic) bond motifs is 2. The molecule has 2 aromatic rings. The van der Waals surface area contributed by atoms with Crippen LogP contribution in [0.15, 0.2) is 36.8 Å². The van der Waals surface area contributed by atoms with Gasteiger partial charge in [-0.15, -0.1) is 0 Å². The summed E-state index contributed by atoms with van der Waals surface area (Å²) in [5.74, 6) is 0.212. The molecule has 2 fully saturated rings. The lowest BCUT2D eigenvalue weighted by molar-refractivity contribution is 0.0748. The van der Waals surface area contributed by atoms with Gasteiger partial charge in [-0.3, -0.25) is 19.6 Å². The zero-order valence-corrected chi connectivity index (χ0v) is 15.8. The van der Waals surface area contributed by atoms with Crippen LogP contribution in [0.4, 0.5) is 0 Å². The molecule has 0 aliphatic heterocycles. The Labute approximate surface area is 159 Å². The Morgan fingerprint density at radius 3 is 2.30 bits per heavy atom. The lowest BCUT2D eigenvalue weighted by Crippen LogP contribution is -2.31. The number of pyridine rings is 1. The minimum Gasteiger partial charge on any atom is -0.292 e. The van der Waals surface area contributed by atoms with Crippen molar-refractivity contribution in [3.05, 3.63) is 53.9 Å². The third kappa shape index (κ3) is 3.68. The lowest BCUT2D eigenvalue weighted by Gasteiger charge is -2.39. The summed E-state index contributed by atoms with van der Waals surface area (Å²) < 4.78 is 0. The zero-order chi connectivity index (χ0) is 18.9. The Balaban J connectivity index is 1.48. The van der Waals surface area contributed by atoms with E-state index in [0.29, 0.717) is 24.2 Å². The van der Waals surface area contributed by atoms with Crippen LogP contribution in [0.25, 0.3) is 0 Å². The van der Waals surface area contributed by atoms with E-state index in [4.69, 9.17) is 0 Å². The number of hydrogen-bond donors (Lipinski definition) is 0. The van der Waals surface area contributed by atoms with Crippen LogP contribution < -0.4 is 0 Å². The summed E-state index contributed by atoms with van der Waals surface area (Å²) in [6, 6.07) is 5.49. The summed E-state index contributed by atoms with van der Waals surface area (Å²) in [5.41, 5.74) is 1.85. The molecule has 140 valence electrons. The highest BCUT2D eigenvalue weighted by atomic mass is 16.1. The van der Waals surface area contributed by atoms with Crippen LogP contribution in [-0.4, -0.2) is 26.5 Å². The molecule has 5 nitrogen and oxygen atoms in total. The number of nitrogens with zero attached hydrogens (tertiary/aromatic N) is 3. The van der Waals surface area contributed by atoms with Gasteiger partial charge in [-0.1, -0.05) is 12.5 Å². The first-order valence-electron chi connectivity index (χ1n) is 9.76. The molecule has 5 heteroatoms. The quantitative estimate of drug-likeness (QED) is 0.713. The Morgan fingerprint density at radius 2 is 1.67 bits per heavy atom. The first-order valence-corrected chi connectivity index (χ1v) is 9.76. The summed E-state index contributed by atoms with van der Waals surface area (Å²) in [7, 11) is 0. The SMILES string of the molecule is Cc1cncc(C(=O)CC23CCCC(CC(=O)c4ccccn4)(CC2)C3)n1. The third-order valence-corrected chi connectivity index (χ3v) is 6.41. The van der Waals surface area contributed by atoms with Crippen LogP contribution in [0, 0.1) is 17.8 Å². The average Bonchev–Trinajstić information content (AvgIpc) is 2.92. The fourth-order valence-corrected chi connectivity index (χ4v) is 5.23. The van der Waals surface area contributed by atoms with E-state index >= 15 is 0 Å². The standard InChI is InChI=1S/C22H25N3O2/c1-16-13-23-14-18(25-16)20(27)12-22-7-4-6-21(15-22,8-9-22)11-19(26)17-5-2-3-10-24-17/h2-3,5,10,13-14H,4,6-9,11-12,15H2,1H3. The fourth-order valence-electron chi connectivity index (χ4n) is 5.23. The van der Waals surface area contributed by atoms with Crippen LogP contribution in [0.2, 0.25) is 0 Å². The minimum absolute atomic E-state index is 0.0190. The molecular weight excluding hydrogens is 338 g/mol. The van der Waals surface area contributed by atoms with Crippen LogP contribution in [0.1, 0.15) is 78.0 Å². The monoisotopic (exact) mass is 363 g/mol. The zero-order valence-electron chi connectivity index (χ0n) is 15.8. The predicted octanol–water partition coefficient (Wildman–Crippen LogP) is 4.37. The highest BCUT2D eigenvalue weighted by molar-refractivity contribution is 5.95. The largest absolute Gasteiger partial charge is 0.292 e. The molecule has 0 N–H and O–H groups in total. The van der Waals surface area contributed by atoms with Crippen molar-refractivity contribution in [2.24, 2.45) is 10.8 Å². The van der Waals surface area contributed by atoms with Crippen molar-refractivity contribution in [2.75, 3.05) is 0 Å². The van der Waals surface area contributed by atoms with Crippen LogP contribution >= 0.6 is 0 Å². The van der Waals surface area contributed by atoms with Gasteiger partial charge in [0.05, 0.1) is 11.9 Å². The van der Waals surface area contributed by atoms with E-state index in [0.717, 1.165) is 44.2 Å². The Morgan fingerprint density at radius 1 is 0.963 bits per heavy atom. The third-order valence-electron chi connectivity index (χ3n) is 6.41. The fraction of sp³-hybridized carbons (Fsp3) is 0.500. The van der Waals surface area contributed by atoms with Crippen molar-refractivity contribution in [3.63, 3.8) is 0 Å². The molecule has 2 saturated carbocycles. The second kappa shape index (κ2) is 6.95. The van der Waals surface area contributed by atoms with Gasteiger partial charge in [-0.2, -0.15) is 0 Å². The van der Waals surface area contributed by atoms with E-state index in [1.54, 1.807) is 24.7 Å². The first kappa shape index (κ1) is 18.0. The molecule has 0 amide bonds. The van der Waals surface area contributed by atoms with Crippen molar-refractivity contribution in [3.8, 4) is 0 Å². The molecule has 0 spiro atoms. The number of hydrogen-bond acceptors (Lipinski definition) is 5. The van der Waals surface area contributed by atoms with Gasteiger partial charge in [-0.25, -0.2) is 4.98 Å². The minimum atomic E-state index is 0.0190. The number of carbonyl (C=O) groups is 2. The van der Waals surface area contributed by atoms with Crippen molar-refractivity contribution in [1.29, 1.82) is 0 Å². The van der Waals surface area contributed by atoms with E-state index < -0.39 is 0 Å². The number of aryl methyl sites for hydroxylation is 1. The summed E-state index contributed by atoms with van der Waals surface area (Å²) in [5, 5.41) is 0. The van der Waals surface area contributed by atoms with E-state index in [9.17, 15) is 9.59 Å². The lowest BCUT2D eigenvalue weighted by atomic mass is 9.65. The van der Waals surface area contributed by atoms with Crippen LogP contribution in [0.5, 0.6) is 0 Å². The van der Waals surface area contributed by atoms with E-state index in [1.165, 1.54) is 0 Å². The van der Waals surface area contributed by atoms with Gasteiger partial charge in [-0.05, 0) is 62.0 Å². The molecule has 2 heterocycles. The van der Waals surface area contributed by atoms with Crippen LogP contribution in [0.3, 0.4) is 0 Å². The Bertz CT molecular complexity index is 867. The molecule has 2 aliphatic rings. The molecule has 2 unspecified atom stereocenters. The second-order valence-corrected chi connectivity index (χ2v) is 8.49. The van der Waals surface area contributed by atoms with Crippen molar-refractivity contribution < 1.29 is 9.59 Å². The van der Waals surface area contributed by atoms with E-state index in [-0.39, 0.29) is 22.4 Å². The van der Waals surface area contributed by atoms with Crippen molar-refractivity contribution >= 4 is 11.6 Å². The highest BCUT2D eigenvalue weighted by Gasteiger charge is 2.52. The molecule has 0 saturated heterocycles. The van der Waals surface area contributed by atoms with Gasteiger partial charge >= 0.3 is 0 Å². The van der Waals surface area contributed by atoms with Gasteiger partial charge in [0, 0.05) is 25.2 Å². The summed E-state index contributed by atoms with van der Waals surface area (Å²) in [6.45, 7) is 1.85. The number of carbonyl (C=O) groups excluding carboxylic acids is 2. The molecule has 27 heavy (non-hydrogen) atoms. The smallest absolute Gasteiger partial charge is 0.183 e. The molecule has 4 rings (SSSR count). The van der Waals surface area contributed by atoms with E-state index in [1.807, 2.05) is 19.1 Å². The molecule has 0 radical (unpaired) electrons. The number of Topliss-reactive ketones (excluding diaryl/α,β-unsaturated/α-hetero) is 2. The maximum atomic E-state index is 12.8. The van der Waals surface area contributed by atoms with Gasteiger partial charge in [0.1, 0.15) is 11.4 Å². The number of rotatable bonds is 6. The number of aromatic nitrogens is 3. The van der Waals surface area contributed by atoms with E-state index in [2.05, 4.69) is 15.0 Å². The maximum absolute atomic E-state index is 12.8. The van der Waals surface area contributed by atoms with Gasteiger partial charge in [0.25, 0.3) is 0 Å². The predicted molar refractivity (Wildman–Crippen MR) is 101 cm³/mol. The Hall–Kier alpha value is -2.43. The van der Waals surface area contributed by atoms with Crippen molar-refractivity contribution in [1.82, 2.24) is 15.0 Å². The second-order valence-electron chi connectivity index (χ2n) is 8.49. The average molecular weight is 363 g/mol. The topological polar surface area (TPSA) is 72.8 Å². The normalized spacial score (nSPS) is 26.7. The van der Waals surface area contributed by atoms with Gasteiger partial charge in [0.2, 0.25) is 0 Å². The van der Waals surface area contributed by atoms with Crippen LogP contribution in [-0.2, 0) is 0 Å². The molecule has 2 aromatic heterocycles. The molecule has 2 atom stereocenters. The molecule has 0 aromatic carbocycles. The highest BCUT2D eigenvalue weighted by Crippen LogP contribution is 2.61. The number of ketones is 2. The maximum Gasteiger partial charge on any atom is 0.183 e. The molecular formula is C22H25N3O2. The summed E-state index contributed by atoms with van der Waals surface area (Å²) in [6.07, 6.45) is 12.2. The molecule has 2 bridgehead atoms. The Kier molecular flexibility index (Phi) is 4.62. The first-order chi connectivity index (χ1) is 13.0. The van der Waals surface area contributed by atoms with Gasteiger partial charge < -0.3 is 0 Å². The van der Waals surface area contributed by atoms with Gasteiger partial charge in [0.15, 0.2) is 11.6 Å². The summed E-state index contributed by atoms with van der Waals surface area (Å²) >= 11 is 0.